The van der Waals surface area contributed by atoms with Crippen molar-refractivity contribution >= 4 is 5.78 Å². The number of alkyl halides is 1. The van der Waals surface area contributed by atoms with E-state index >= 15 is 4.39 Å². The fraction of sp³-hybridized carbons (Fsp3) is 0.974. The van der Waals surface area contributed by atoms with Gasteiger partial charge in [0.25, 0.3) is 0 Å². The van der Waals surface area contributed by atoms with E-state index in [-0.39, 0.29) is 0 Å². The molecule has 5 rings (SSSR count). The van der Waals surface area contributed by atoms with E-state index < -0.39 is 17.0 Å². The third-order valence-corrected chi connectivity index (χ3v) is 13.8. The van der Waals surface area contributed by atoms with E-state index in [4.69, 9.17) is 0 Å². The zero-order valence-corrected chi connectivity index (χ0v) is 26.7. The third kappa shape index (κ3) is 6.56. The minimum absolute atomic E-state index is 0.385. The molecule has 0 bridgehead atoms. The van der Waals surface area contributed by atoms with Crippen molar-refractivity contribution in [1.29, 1.82) is 0 Å². The van der Waals surface area contributed by atoms with Crippen LogP contribution in [-0.2, 0) is 4.79 Å². The minimum Gasteiger partial charge on any atom is -0.298 e. The van der Waals surface area contributed by atoms with Crippen LogP contribution in [-0.4, -0.2) is 12.0 Å². The van der Waals surface area contributed by atoms with Crippen LogP contribution < -0.4 is 0 Å². The van der Waals surface area contributed by atoms with Crippen LogP contribution in [0.1, 0.15) is 181 Å². The lowest BCUT2D eigenvalue weighted by molar-refractivity contribution is -0.194. The maximum absolute atomic E-state index is 16.2. The summed E-state index contributed by atoms with van der Waals surface area (Å²) >= 11 is 0. The van der Waals surface area contributed by atoms with Crippen LogP contribution in [0.2, 0.25) is 0 Å². The molecule has 0 amide bonds. The Balaban J connectivity index is 1.02. The molecule has 5 aliphatic carbocycles. The molecular formula is C38H65FO. The fourth-order valence-corrected chi connectivity index (χ4v) is 11.0. The van der Waals surface area contributed by atoms with E-state index in [1.165, 1.54) is 116 Å². The van der Waals surface area contributed by atoms with Crippen molar-refractivity contribution in [3.8, 4) is 0 Å². The van der Waals surface area contributed by atoms with Crippen molar-refractivity contribution in [2.75, 3.05) is 0 Å². The van der Waals surface area contributed by atoms with Gasteiger partial charge >= 0.3 is 0 Å². The van der Waals surface area contributed by atoms with Gasteiger partial charge in [-0.3, -0.25) is 4.79 Å². The van der Waals surface area contributed by atoms with E-state index in [0.29, 0.717) is 5.78 Å². The Labute approximate surface area is 248 Å². The topological polar surface area (TPSA) is 17.1 Å². The van der Waals surface area contributed by atoms with Crippen LogP contribution in [0, 0.1) is 46.3 Å². The van der Waals surface area contributed by atoms with Gasteiger partial charge in [-0.25, -0.2) is 4.39 Å². The summed E-state index contributed by atoms with van der Waals surface area (Å²) in [6.45, 7) is 4.60. The summed E-state index contributed by atoms with van der Waals surface area (Å²) in [5.41, 5.74) is -1.15. The first-order chi connectivity index (χ1) is 19.5. The first-order valence-corrected chi connectivity index (χ1v) is 18.7. The monoisotopic (exact) mass is 557 g/mol. The molecule has 0 aliphatic heterocycles. The number of rotatable bonds is 12. The average molecular weight is 557 g/mol. The highest BCUT2D eigenvalue weighted by Crippen LogP contribution is 2.66. The molecule has 0 atom stereocenters. The molecule has 1 nitrogen and oxygen atoms in total. The van der Waals surface area contributed by atoms with Crippen molar-refractivity contribution in [2.45, 2.75) is 187 Å². The Morgan fingerprint density at radius 1 is 0.525 bits per heavy atom. The van der Waals surface area contributed by atoms with Gasteiger partial charge in [0.15, 0.2) is 5.78 Å². The van der Waals surface area contributed by atoms with Gasteiger partial charge in [-0.2, -0.15) is 0 Å². The number of halogens is 1. The lowest BCUT2D eigenvalue weighted by Gasteiger charge is -2.62. The van der Waals surface area contributed by atoms with Gasteiger partial charge in [0.1, 0.15) is 6.17 Å². The number of carbonyl (C=O) groups is 1. The lowest BCUT2D eigenvalue weighted by Crippen LogP contribution is -2.69. The van der Waals surface area contributed by atoms with Crippen LogP contribution in [0.5, 0.6) is 0 Å². The Morgan fingerprint density at radius 2 is 0.875 bits per heavy atom. The summed E-state index contributed by atoms with van der Waals surface area (Å²) in [5, 5.41) is 0. The van der Waals surface area contributed by atoms with E-state index in [2.05, 4.69) is 13.8 Å². The second-order valence-electron chi connectivity index (χ2n) is 15.9. The highest BCUT2D eigenvalue weighted by Gasteiger charge is 2.71. The molecule has 230 valence electrons. The lowest BCUT2D eigenvalue weighted by atomic mass is 9.41. The summed E-state index contributed by atoms with van der Waals surface area (Å²) < 4.78 is 16.2. The van der Waals surface area contributed by atoms with E-state index in [0.717, 1.165) is 86.9 Å². The third-order valence-electron chi connectivity index (χ3n) is 13.8. The molecule has 5 fully saturated rings. The smallest absolute Gasteiger partial charge is 0.151 e. The highest BCUT2D eigenvalue weighted by molar-refractivity contribution is 5.98. The summed E-state index contributed by atoms with van der Waals surface area (Å²) in [6.07, 6.45) is 32.4. The van der Waals surface area contributed by atoms with Gasteiger partial charge in [-0.05, 0) is 113 Å². The number of unbranched alkanes of at least 4 members (excludes halogenated alkanes) is 6. The average Bonchev–Trinajstić information content (AvgIpc) is 3.02. The van der Waals surface area contributed by atoms with Crippen molar-refractivity contribution < 1.29 is 9.18 Å². The molecule has 2 spiro atoms. The standard InChI is InChI=1S/C38H65FO/c1-3-5-7-9-11-29-13-17-31(18-14-29)33-21-25-37(26-22-33)35(39)38(36(37)40)27-23-34(24-28-38)32-19-15-30(16-20-32)12-10-8-6-4-2/h29-35H,3-28H2,1-2H3/t29?,30?,31?,32?,33?,34?,35?,37-,38-. The molecule has 0 N–H and O–H groups in total. The predicted octanol–water partition coefficient (Wildman–Crippen LogP) is 11.8. The van der Waals surface area contributed by atoms with Crippen LogP contribution in [0.4, 0.5) is 4.39 Å². The van der Waals surface area contributed by atoms with Gasteiger partial charge in [0.2, 0.25) is 0 Å². The van der Waals surface area contributed by atoms with Gasteiger partial charge < -0.3 is 0 Å². The maximum atomic E-state index is 16.2. The Kier molecular flexibility index (Phi) is 11.2. The molecule has 0 heterocycles. The largest absolute Gasteiger partial charge is 0.298 e. The van der Waals surface area contributed by atoms with Crippen molar-refractivity contribution in [3.05, 3.63) is 0 Å². The van der Waals surface area contributed by atoms with E-state index in [1.54, 1.807) is 0 Å². The highest BCUT2D eigenvalue weighted by atomic mass is 19.1. The fourth-order valence-electron chi connectivity index (χ4n) is 11.0. The quantitative estimate of drug-likeness (QED) is 0.218. The van der Waals surface area contributed by atoms with Gasteiger partial charge in [0, 0.05) is 0 Å². The first-order valence-electron chi connectivity index (χ1n) is 18.7. The number of carbonyl (C=O) groups excluding carboxylic acids is 1. The van der Waals surface area contributed by atoms with Gasteiger partial charge in [0.05, 0.1) is 10.8 Å². The summed E-state index contributed by atoms with van der Waals surface area (Å²) in [4.78, 5) is 13.8. The summed E-state index contributed by atoms with van der Waals surface area (Å²) in [7, 11) is 0. The maximum Gasteiger partial charge on any atom is 0.151 e. The van der Waals surface area contributed by atoms with Crippen LogP contribution in [0.3, 0.4) is 0 Å². The van der Waals surface area contributed by atoms with Crippen molar-refractivity contribution in [2.24, 2.45) is 46.3 Å². The second-order valence-corrected chi connectivity index (χ2v) is 15.9. The zero-order valence-electron chi connectivity index (χ0n) is 26.7. The molecule has 0 unspecified atom stereocenters. The van der Waals surface area contributed by atoms with Crippen LogP contribution in [0.25, 0.3) is 0 Å². The summed E-state index contributed by atoms with van der Waals surface area (Å²) in [6, 6.07) is 0. The zero-order chi connectivity index (χ0) is 28.0. The molecule has 0 saturated heterocycles. The molecular weight excluding hydrogens is 491 g/mol. The predicted molar refractivity (Wildman–Crippen MR) is 167 cm³/mol. The molecule has 0 aromatic heterocycles. The first kappa shape index (κ1) is 31.0. The molecule has 2 heteroatoms. The Hall–Kier alpha value is -0.400. The molecule has 0 aromatic rings. The SMILES string of the molecule is CCCCCCC1CCC(C2CC[C@]3(CC2)C(=O)[C@@]2(CCC(C4CCC(CCCCCC)CC4)CC2)[C@H]3F)CC1. The number of hydrogen-bond acceptors (Lipinski definition) is 1. The summed E-state index contributed by atoms with van der Waals surface area (Å²) in [5.74, 6) is 5.55. The van der Waals surface area contributed by atoms with Crippen LogP contribution >= 0.6 is 0 Å². The Morgan fingerprint density at radius 3 is 1.20 bits per heavy atom. The van der Waals surface area contributed by atoms with Gasteiger partial charge in [-0.1, -0.05) is 104 Å². The number of hydrogen-bond donors (Lipinski definition) is 0. The number of Topliss-reactive ketones (excluding diaryl/α,β-unsaturated/α-hetero) is 1. The second kappa shape index (κ2) is 14.4. The molecule has 5 aliphatic rings. The van der Waals surface area contributed by atoms with Crippen molar-refractivity contribution in [1.82, 2.24) is 0 Å². The van der Waals surface area contributed by atoms with Gasteiger partial charge in [-0.15, -0.1) is 0 Å². The molecule has 0 radical (unpaired) electrons. The molecule has 40 heavy (non-hydrogen) atoms. The van der Waals surface area contributed by atoms with E-state index in [9.17, 15) is 4.79 Å². The van der Waals surface area contributed by atoms with E-state index in [1.807, 2.05) is 0 Å². The normalized spacial score (nSPS) is 42.3. The number of ketones is 1. The minimum atomic E-state index is -0.841. The van der Waals surface area contributed by atoms with Crippen LogP contribution in [0.15, 0.2) is 0 Å². The Bertz CT molecular complexity index is 694. The molecule has 0 aromatic carbocycles. The van der Waals surface area contributed by atoms with Crippen molar-refractivity contribution in [3.63, 3.8) is 0 Å². The molecule has 5 saturated carbocycles.